The number of hydrogen-bond donors (Lipinski definition) is 2. The van der Waals surface area contributed by atoms with E-state index in [2.05, 4.69) is 15.6 Å². The molecule has 8 heteroatoms. The predicted molar refractivity (Wildman–Crippen MR) is 96.2 cm³/mol. The number of nitrogens with zero attached hydrogens (tertiary/aromatic N) is 2. The molecule has 0 bridgehead atoms. The van der Waals surface area contributed by atoms with Crippen LogP contribution in [-0.2, 0) is 0 Å². The standard InChI is InChI=1S/C19H16N4O4/c24-18(20-11-4-5-11)16-13-3-1-2-8-23(13)17(22-16)19(25)21-12-6-7-14-15(9-12)27-10-26-14/h1-3,6-9,11H,4-5,10H2,(H,20,24)(H,21,25). The number of anilines is 1. The number of ether oxygens (including phenoxy) is 2. The lowest BCUT2D eigenvalue weighted by molar-refractivity contribution is 0.0948. The maximum absolute atomic E-state index is 12.8. The Labute approximate surface area is 154 Å². The van der Waals surface area contributed by atoms with Gasteiger partial charge in [-0.15, -0.1) is 0 Å². The van der Waals surface area contributed by atoms with Crippen molar-refractivity contribution >= 4 is 23.0 Å². The van der Waals surface area contributed by atoms with Crippen LogP contribution in [0.25, 0.3) is 5.52 Å². The topological polar surface area (TPSA) is 94.0 Å². The normalized spacial score (nSPS) is 15.0. The average molecular weight is 364 g/mol. The van der Waals surface area contributed by atoms with Crippen LogP contribution in [0.4, 0.5) is 5.69 Å². The van der Waals surface area contributed by atoms with Gasteiger partial charge >= 0.3 is 0 Å². The molecule has 1 aromatic carbocycles. The van der Waals surface area contributed by atoms with Crippen molar-refractivity contribution in [3.63, 3.8) is 0 Å². The number of benzene rings is 1. The number of hydrogen-bond acceptors (Lipinski definition) is 5. The van der Waals surface area contributed by atoms with E-state index in [0.717, 1.165) is 12.8 Å². The third-order valence-electron chi connectivity index (χ3n) is 4.51. The van der Waals surface area contributed by atoms with Crippen LogP contribution in [0.3, 0.4) is 0 Å². The number of fused-ring (bicyclic) bond motifs is 2. The first-order valence-electron chi connectivity index (χ1n) is 8.68. The van der Waals surface area contributed by atoms with E-state index in [1.165, 1.54) is 0 Å². The van der Waals surface area contributed by atoms with Crippen molar-refractivity contribution in [1.29, 1.82) is 0 Å². The first-order valence-corrected chi connectivity index (χ1v) is 8.68. The minimum atomic E-state index is -0.416. The largest absolute Gasteiger partial charge is 0.454 e. The van der Waals surface area contributed by atoms with Crippen LogP contribution in [0, 0.1) is 0 Å². The molecule has 0 radical (unpaired) electrons. The Morgan fingerprint density at radius 3 is 2.78 bits per heavy atom. The zero-order chi connectivity index (χ0) is 18.4. The van der Waals surface area contributed by atoms with E-state index in [4.69, 9.17) is 9.47 Å². The summed E-state index contributed by atoms with van der Waals surface area (Å²) in [6, 6.07) is 10.7. The van der Waals surface area contributed by atoms with E-state index in [0.29, 0.717) is 22.7 Å². The predicted octanol–water partition coefficient (Wildman–Crippen LogP) is 2.21. The second kappa shape index (κ2) is 6.01. The third-order valence-corrected chi connectivity index (χ3v) is 4.51. The molecule has 2 N–H and O–H groups in total. The lowest BCUT2D eigenvalue weighted by Gasteiger charge is -2.05. The quantitative estimate of drug-likeness (QED) is 0.740. The molecule has 8 nitrogen and oxygen atoms in total. The highest BCUT2D eigenvalue weighted by Crippen LogP contribution is 2.34. The number of carbonyl (C=O) groups is 2. The molecular weight excluding hydrogens is 348 g/mol. The van der Waals surface area contributed by atoms with Gasteiger partial charge < -0.3 is 20.1 Å². The zero-order valence-corrected chi connectivity index (χ0v) is 14.3. The number of imidazole rings is 1. The first-order chi connectivity index (χ1) is 13.2. The number of rotatable bonds is 4. The monoisotopic (exact) mass is 364 g/mol. The second-order valence-corrected chi connectivity index (χ2v) is 6.51. The van der Waals surface area contributed by atoms with E-state index in [1.807, 2.05) is 6.07 Å². The summed E-state index contributed by atoms with van der Waals surface area (Å²) in [6.45, 7) is 0.164. The van der Waals surface area contributed by atoms with Crippen molar-refractivity contribution in [2.75, 3.05) is 12.1 Å². The van der Waals surface area contributed by atoms with E-state index in [9.17, 15) is 9.59 Å². The molecule has 1 saturated carbocycles. The van der Waals surface area contributed by atoms with Crippen molar-refractivity contribution < 1.29 is 19.1 Å². The van der Waals surface area contributed by atoms with Gasteiger partial charge in [0.05, 0.1) is 5.52 Å². The molecule has 0 unspecified atom stereocenters. The molecule has 5 rings (SSSR count). The molecule has 1 aliphatic heterocycles. The Morgan fingerprint density at radius 2 is 1.93 bits per heavy atom. The van der Waals surface area contributed by atoms with Gasteiger partial charge in [0.25, 0.3) is 11.8 Å². The molecule has 3 heterocycles. The van der Waals surface area contributed by atoms with Gasteiger partial charge in [0.1, 0.15) is 0 Å². The first kappa shape index (κ1) is 15.7. The summed E-state index contributed by atoms with van der Waals surface area (Å²) in [5, 5.41) is 5.71. The summed E-state index contributed by atoms with van der Waals surface area (Å²) in [4.78, 5) is 29.6. The van der Waals surface area contributed by atoms with Gasteiger partial charge in [-0.2, -0.15) is 0 Å². The lowest BCUT2D eigenvalue weighted by Crippen LogP contribution is -2.26. The van der Waals surface area contributed by atoms with Crippen LogP contribution >= 0.6 is 0 Å². The molecule has 2 amide bonds. The Bertz CT molecular complexity index is 1070. The van der Waals surface area contributed by atoms with Gasteiger partial charge in [0.2, 0.25) is 12.6 Å². The van der Waals surface area contributed by atoms with Crippen LogP contribution in [0.5, 0.6) is 11.5 Å². The SMILES string of the molecule is O=C(NC1CC1)c1nc(C(=O)Nc2ccc3c(c2)OCO3)n2ccccc12. The van der Waals surface area contributed by atoms with Gasteiger partial charge in [-0.1, -0.05) is 6.07 Å². The summed E-state index contributed by atoms with van der Waals surface area (Å²) >= 11 is 0. The molecule has 2 aromatic heterocycles. The zero-order valence-electron chi connectivity index (χ0n) is 14.3. The van der Waals surface area contributed by atoms with Crippen molar-refractivity contribution in [3.8, 4) is 11.5 Å². The van der Waals surface area contributed by atoms with Gasteiger partial charge in [0.15, 0.2) is 17.2 Å². The van der Waals surface area contributed by atoms with Gasteiger partial charge in [-0.25, -0.2) is 4.98 Å². The Hall–Kier alpha value is -3.55. The summed E-state index contributed by atoms with van der Waals surface area (Å²) in [5.41, 5.74) is 1.39. The number of aromatic nitrogens is 2. The average Bonchev–Trinajstić information content (AvgIpc) is 3.22. The van der Waals surface area contributed by atoms with Crippen molar-refractivity contribution in [1.82, 2.24) is 14.7 Å². The minimum Gasteiger partial charge on any atom is -0.454 e. The summed E-state index contributed by atoms with van der Waals surface area (Å²) < 4.78 is 12.2. The molecule has 136 valence electrons. The van der Waals surface area contributed by atoms with Gasteiger partial charge in [0, 0.05) is 24.0 Å². The molecule has 1 fully saturated rings. The smallest absolute Gasteiger partial charge is 0.292 e. The fourth-order valence-corrected chi connectivity index (χ4v) is 3.01. The molecule has 0 spiro atoms. The Kier molecular flexibility index (Phi) is 3.49. The van der Waals surface area contributed by atoms with E-state index >= 15 is 0 Å². The van der Waals surface area contributed by atoms with Gasteiger partial charge in [-0.05, 0) is 37.1 Å². The van der Waals surface area contributed by atoms with E-state index in [-0.39, 0.29) is 30.3 Å². The molecular formula is C19H16N4O4. The van der Waals surface area contributed by atoms with Crippen LogP contribution in [0.1, 0.15) is 33.9 Å². The fourth-order valence-electron chi connectivity index (χ4n) is 3.01. The number of nitrogens with one attached hydrogen (secondary N) is 2. The van der Waals surface area contributed by atoms with Crippen LogP contribution in [0.2, 0.25) is 0 Å². The molecule has 27 heavy (non-hydrogen) atoms. The molecule has 2 aliphatic rings. The van der Waals surface area contributed by atoms with Crippen molar-refractivity contribution in [3.05, 3.63) is 54.1 Å². The maximum Gasteiger partial charge on any atom is 0.292 e. The maximum atomic E-state index is 12.8. The van der Waals surface area contributed by atoms with Crippen LogP contribution < -0.4 is 20.1 Å². The molecule has 0 saturated heterocycles. The lowest BCUT2D eigenvalue weighted by atomic mass is 10.2. The Morgan fingerprint density at radius 1 is 1.07 bits per heavy atom. The molecule has 1 aliphatic carbocycles. The highest BCUT2D eigenvalue weighted by molar-refractivity contribution is 6.06. The third kappa shape index (κ3) is 2.84. The van der Waals surface area contributed by atoms with E-state index < -0.39 is 5.91 Å². The number of amides is 2. The number of carbonyl (C=O) groups excluding carboxylic acids is 2. The summed E-state index contributed by atoms with van der Waals surface area (Å²) in [6.07, 6.45) is 3.68. The highest BCUT2D eigenvalue weighted by Gasteiger charge is 2.27. The van der Waals surface area contributed by atoms with Gasteiger partial charge in [-0.3, -0.25) is 14.0 Å². The number of pyridine rings is 1. The van der Waals surface area contributed by atoms with Crippen molar-refractivity contribution in [2.45, 2.75) is 18.9 Å². The van der Waals surface area contributed by atoms with Crippen LogP contribution in [-0.4, -0.2) is 34.0 Å². The summed E-state index contributed by atoms with van der Waals surface area (Å²) in [5.74, 6) is 0.677. The molecule has 0 atom stereocenters. The van der Waals surface area contributed by atoms with E-state index in [1.54, 1.807) is 40.9 Å². The van der Waals surface area contributed by atoms with Crippen LogP contribution in [0.15, 0.2) is 42.6 Å². The minimum absolute atomic E-state index is 0.143. The summed E-state index contributed by atoms with van der Waals surface area (Å²) in [7, 11) is 0. The molecule has 3 aromatic rings. The second-order valence-electron chi connectivity index (χ2n) is 6.51. The Balaban J connectivity index is 1.46. The fraction of sp³-hybridized carbons (Fsp3) is 0.211. The highest BCUT2D eigenvalue weighted by atomic mass is 16.7. The van der Waals surface area contributed by atoms with Crippen molar-refractivity contribution in [2.24, 2.45) is 0 Å².